The first-order chi connectivity index (χ1) is 15.0. The van der Waals surface area contributed by atoms with Crippen LogP contribution in [-0.4, -0.2) is 36.6 Å². The van der Waals surface area contributed by atoms with Gasteiger partial charge in [-0.05, 0) is 62.4 Å². The summed E-state index contributed by atoms with van der Waals surface area (Å²) < 4.78 is 0. The lowest BCUT2D eigenvalue weighted by Gasteiger charge is -2.29. The number of benzene rings is 2. The molecule has 164 valence electrons. The molecule has 3 aromatic rings. The van der Waals surface area contributed by atoms with E-state index in [1.165, 1.54) is 12.8 Å². The summed E-state index contributed by atoms with van der Waals surface area (Å²) in [6.45, 7) is 1.68. The number of nitrogens with one attached hydrogen (secondary N) is 2. The zero-order chi connectivity index (χ0) is 21.8. The molecule has 0 bridgehead atoms. The lowest BCUT2D eigenvalue weighted by atomic mass is 9.86. The summed E-state index contributed by atoms with van der Waals surface area (Å²) in [5.74, 6) is 2.33. The van der Waals surface area contributed by atoms with Crippen LogP contribution in [0.4, 0.5) is 11.8 Å². The fourth-order valence-corrected chi connectivity index (χ4v) is 4.79. The normalized spacial score (nSPS) is 18.8. The summed E-state index contributed by atoms with van der Waals surface area (Å²) in [4.78, 5) is 11.6. The second-order valence-electron chi connectivity index (χ2n) is 8.48. The number of halogens is 2. The van der Waals surface area contributed by atoms with Crippen LogP contribution in [0.3, 0.4) is 0 Å². The van der Waals surface area contributed by atoms with Gasteiger partial charge in [-0.2, -0.15) is 4.98 Å². The molecule has 1 saturated carbocycles. The van der Waals surface area contributed by atoms with Crippen LogP contribution in [0, 0.1) is 5.92 Å². The number of hydrogen-bond donors (Lipinski definition) is 2. The maximum Gasteiger partial charge on any atom is 0.225 e. The van der Waals surface area contributed by atoms with E-state index >= 15 is 0 Å². The molecule has 1 fully saturated rings. The van der Waals surface area contributed by atoms with E-state index in [1.807, 2.05) is 55.4 Å². The molecule has 4 rings (SSSR count). The van der Waals surface area contributed by atoms with Gasteiger partial charge in [0.15, 0.2) is 0 Å². The molecule has 1 aliphatic rings. The van der Waals surface area contributed by atoms with Gasteiger partial charge in [0, 0.05) is 47.7 Å². The molecular formula is C24H29Cl2N5. The minimum Gasteiger partial charge on any atom is -0.362 e. The quantitative estimate of drug-likeness (QED) is 0.471. The van der Waals surface area contributed by atoms with Crippen LogP contribution in [0.1, 0.15) is 31.2 Å². The third kappa shape index (κ3) is 5.40. The summed E-state index contributed by atoms with van der Waals surface area (Å²) in [5.41, 5.74) is 1.95. The van der Waals surface area contributed by atoms with Crippen molar-refractivity contribution >= 4 is 45.9 Å². The van der Waals surface area contributed by atoms with E-state index in [-0.39, 0.29) is 0 Å². The Bertz CT molecular complexity index is 1010. The smallest absolute Gasteiger partial charge is 0.225 e. The third-order valence-corrected chi connectivity index (χ3v) is 6.69. The van der Waals surface area contributed by atoms with Crippen molar-refractivity contribution in [2.24, 2.45) is 5.92 Å². The Kier molecular flexibility index (Phi) is 7.16. The van der Waals surface area contributed by atoms with Gasteiger partial charge in [0.05, 0.1) is 5.52 Å². The van der Waals surface area contributed by atoms with Gasteiger partial charge < -0.3 is 15.5 Å². The van der Waals surface area contributed by atoms with Crippen LogP contribution in [0.2, 0.25) is 10.0 Å². The number of aromatic nitrogens is 2. The maximum atomic E-state index is 6.27. The van der Waals surface area contributed by atoms with Crippen LogP contribution in [-0.2, 0) is 6.54 Å². The van der Waals surface area contributed by atoms with E-state index in [4.69, 9.17) is 33.2 Å². The summed E-state index contributed by atoms with van der Waals surface area (Å²) in [7, 11) is 4.04. The molecule has 5 nitrogen and oxygen atoms in total. The second kappa shape index (κ2) is 10.0. The minimum atomic E-state index is 0.408. The summed E-state index contributed by atoms with van der Waals surface area (Å²) >= 11 is 12.5. The van der Waals surface area contributed by atoms with Gasteiger partial charge in [0.25, 0.3) is 0 Å². The van der Waals surface area contributed by atoms with Gasteiger partial charge in [-0.3, -0.25) is 0 Å². The monoisotopic (exact) mass is 457 g/mol. The maximum absolute atomic E-state index is 6.27. The lowest BCUT2D eigenvalue weighted by Crippen LogP contribution is -2.31. The minimum absolute atomic E-state index is 0.408. The van der Waals surface area contributed by atoms with Crippen molar-refractivity contribution < 1.29 is 0 Å². The highest BCUT2D eigenvalue weighted by molar-refractivity contribution is 6.35. The Hall–Kier alpha value is -2.08. The molecule has 0 amide bonds. The van der Waals surface area contributed by atoms with Gasteiger partial charge in [-0.15, -0.1) is 0 Å². The zero-order valence-electron chi connectivity index (χ0n) is 18.0. The molecule has 0 atom stereocenters. The van der Waals surface area contributed by atoms with Crippen molar-refractivity contribution in [3.05, 3.63) is 58.1 Å². The van der Waals surface area contributed by atoms with E-state index in [2.05, 4.69) is 16.7 Å². The molecule has 0 spiro atoms. The van der Waals surface area contributed by atoms with Crippen molar-refractivity contribution in [2.45, 2.75) is 38.3 Å². The Balaban J connectivity index is 1.30. The topological polar surface area (TPSA) is 53.1 Å². The number of fused-ring (bicyclic) bond motifs is 1. The van der Waals surface area contributed by atoms with E-state index in [0.717, 1.165) is 57.7 Å². The van der Waals surface area contributed by atoms with Crippen LogP contribution in [0.5, 0.6) is 0 Å². The van der Waals surface area contributed by atoms with Gasteiger partial charge in [0.2, 0.25) is 5.95 Å². The molecule has 1 aliphatic carbocycles. The number of anilines is 2. The van der Waals surface area contributed by atoms with Crippen LogP contribution in [0.25, 0.3) is 10.9 Å². The highest BCUT2D eigenvalue weighted by atomic mass is 35.5. The van der Waals surface area contributed by atoms with Gasteiger partial charge in [0.1, 0.15) is 5.82 Å². The molecule has 0 unspecified atom stereocenters. The van der Waals surface area contributed by atoms with Crippen molar-refractivity contribution in [3.8, 4) is 0 Å². The van der Waals surface area contributed by atoms with Crippen molar-refractivity contribution in [2.75, 3.05) is 30.9 Å². The van der Waals surface area contributed by atoms with Crippen molar-refractivity contribution in [1.82, 2.24) is 15.3 Å². The Labute approximate surface area is 194 Å². The zero-order valence-corrected chi connectivity index (χ0v) is 19.5. The first-order valence-electron chi connectivity index (χ1n) is 10.9. The molecule has 1 heterocycles. The Morgan fingerprint density at radius 2 is 1.65 bits per heavy atom. The highest BCUT2D eigenvalue weighted by Gasteiger charge is 2.22. The largest absolute Gasteiger partial charge is 0.362 e. The first kappa shape index (κ1) is 22.1. The summed E-state index contributed by atoms with van der Waals surface area (Å²) in [5, 5.41) is 9.64. The molecule has 1 aromatic heterocycles. The highest BCUT2D eigenvalue weighted by Crippen LogP contribution is 2.29. The Morgan fingerprint density at radius 3 is 2.35 bits per heavy atom. The second-order valence-corrected chi connectivity index (χ2v) is 9.29. The Morgan fingerprint density at radius 1 is 0.935 bits per heavy atom. The van der Waals surface area contributed by atoms with Crippen LogP contribution in [0.15, 0.2) is 42.5 Å². The number of rotatable bonds is 7. The predicted molar refractivity (Wildman–Crippen MR) is 131 cm³/mol. The lowest BCUT2D eigenvalue weighted by molar-refractivity contribution is 0.324. The first-order valence-corrected chi connectivity index (χ1v) is 11.6. The molecule has 2 N–H and O–H groups in total. The van der Waals surface area contributed by atoms with Crippen LogP contribution >= 0.6 is 23.2 Å². The van der Waals surface area contributed by atoms with Gasteiger partial charge in [-0.25, -0.2) is 4.98 Å². The molecular weight excluding hydrogens is 429 g/mol. The van der Waals surface area contributed by atoms with Gasteiger partial charge in [-0.1, -0.05) is 41.4 Å². The average molecular weight is 458 g/mol. The van der Waals surface area contributed by atoms with E-state index < -0.39 is 0 Å². The standard InChI is InChI=1S/C24H29Cl2N5/c1-31(2)23-18-6-3-4-9-22(18)29-24(30-23)28-17-12-10-16(11-13-17)14-27-15-19-20(25)7-5-8-21(19)26/h3-9,16-17,27H,10-15H2,1-2H3,(H,28,29,30)/t16-,17+. The number of para-hydroxylation sites is 1. The molecule has 0 aliphatic heterocycles. The van der Waals surface area contributed by atoms with E-state index in [1.54, 1.807) is 0 Å². The average Bonchev–Trinajstić information content (AvgIpc) is 2.76. The van der Waals surface area contributed by atoms with E-state index in [9.17, 15) is 0 Å². The molecule has 7 heteroatoms. The SMILES string of the molecule is CN(C)c1nc(N[C@H]2CC[C@@H](CNCc3c(Cl)cccc3Cl)CC2)nc2ccccc12. The predicted octanol–water partition coefficient (Wildman–Crippen LogP) is 5.76. The van der Waals surface area contributed by atoms with Crippen LogP contribution < -0.4 is 15.5 Å². The summed E-state index contributed by atoms with van der Waals surface area (Å²) in [6, 6.07) is 14.2. The summed E-state index contributed by atoms with van der Waals surface area (Å²) in [6.07, 6.45) is 4.59. The van der Waals surface area contributed by atoms with E-state index in [0.29, 0.717) is 18.5 Å². The van der Waals surface area contributed by atoms with Gasteiger partial charge >= 0.3 is 0 Å². The number of hydrogen-bond acceptors (Lipinski definition) is 5. The van der Waals surface area contributed by atoms with Crippen molar-refractivity contribution in [1.29, 1.82) is 0 Å². The fraction of sp³-hybridized carbons (Fsp3) is 0.417. The molecule has 0 saturated heterocycles. The third-order valence-electron chi connectivity index (χ3n) is 5.98. The van der Waals surface area contributed by atoms with Crippen molar-refractivity contribution in [3.63, 3.8) is 0 Å². The molecule has 0 radical (unpaired) electrons. The number of nitrogens with zero attached hydrogens (tertiary/aromatic N) is 3. The molecule has 31 heavy (non-hydrogen) atoms. The fourth-order valence-electron chi connectivity index (χ4n) is 4.26. The molecule has 2 aromatic carbocycles.